The molecule has 2 rings (SSSR count). The van der Waals surface area contributed by atoms with E-state index in [1.807, 2.05) is 25.0 Å². The van der Waals surface area contributed by atoms with Gasteiger partial charge in [-0.15, -0.1) is 0 Å². The number of halogens is 1. The highest BCUT2D eigenvalue weighted by atomic mass is 79.9. The fourth-order valence-corrected chi connectivity index (χ4v) is 2.15. The van der Waals surface area contributed by atoms with Gasteiger partial charge in [0.25, 0.3) is 0 Å². The van der Waals surface area contributed by atoms with Gasteiger partial charge in [-0.05, 0) is 26.1 Å². The second kappa shape index (κ2) is 5.02. The lowest BCUT2D eigenvalue weighted by molar-refractivity contribution is 0.653. The third-order valence-corrected chi connectivity index (χ3v) is 3.51. The molecule has 1 heterocycles. The summed E-state index contributed by atoms with van der Waals surface area (Å²) in [6.45, 7) is 2.14. The van der Waals surface area contributed by atoms with Gasteiger partial charge in [0.1, 0.15) is 0 Å². The van der Waals surface area contributed by atoms with Gasteiger partial charge in [0.2, 0.25) is 0 Å². The zero-order valence-corrected chi connectivity index (χ0v) is 11.8. The Labute approximate surface area is 110 Å². The SMILES string of the molecule is CNC(C)c1cnn(C)c1-c1ccc(Br)cc1. The Morgan fingerprint density at radius 1 is 1.29 bits per heavy atom. The van der Waals surface area contributed by atoms with Crippen LogP contribution in [0.2, 0.25) is 0 Å². The molecule has 0 fully saturated rings. The van der Waals surface area contributed by atoms with Crippen LogP contribution in [0.3, 0.4) is 0 Å². The summed E-state index contributed by atoms with van der Waals surface area (Å²) >= 11 is 3.45. The molecule has 90 valence electrons. The fourth-order valence-electron chi connectivity index (χ4n) is 1.89. The largest absolute Gasteiger partial charge is 0.313 e. The summed E-state index contributed by atoms with van der Waals surface area (Å²) in [4.78, 5) is 0. The summed E-state index contributed by atoms with van der Waals surface area (Å²) in [5, 5.41) is 7.60. The van der Waals surface area contributed by atoms with Crippen molar-refractivity contribution in [1.29, 1.82) is 0 Å². The predicted octanol–water partition coefficient (Wildman–Crippen LogP) is 3.13. The number of aromatic nitrogens is 2. The van der Waals surface area contributed by atoms with Gasteiger partial charge in [-0.25, -0.2) is 0 Å². The van der Waals surface area contributed by atoms with Crippen molar-refractivity contribution in [2.45, 2.75) is 13.0 Å². The minimum atomic E-state index is 0.294. The van der Waals surface area contributed by atoms with Gasteiger partial charge in [-0.1, -0.05) is 28.1 Å². The van der Waals surface area contributed by atoms with Crippen molar-refractivity contribution in [2.24, 2.45) is 7.05 Å². The second-order valence-corrected chi connectivity index (χ2v) is 5.01. The average Bonchev–Trinajstić information content (AvgIpc) is 2.71. The van der Waals surface area contributed by atoms with E-state index in [1.165, 1.54) is 16.8 Å². The second-order valence-electron chi connectivity index (χ2n) is 4.09. The van der Waals surface area contributed by atoms with Crippen LogP contribution in [0.1, 0.15) is 18.5 Å². The Kier molecular flexibility index (Phi) is 3.64. The number of nitrogens with one attached hydrogen (secondary N) is 1. The van der Waals surface area contributed by atoms with Crippen LogP contribution in [0.15, 0.2) is 34.9 Å². The first-order valence-corrected chi connectivity index (χ1v) is 6.38. The van der Waals surface area contributed by atoms with E-state index in [-0.39, 0.29) is 0 Å². The Balaban J connectivity index is 2.50. The maximum Gasteiger partial charge on any atom is 0.0726 e. The van der Waals surface area contributed by atoms with Crippen LogP contribution in [-0.4, -0.2) is 16.8 Å². The van der Waals surface area contributed by atoms with Crippen molar-refractivity contribution in [1.82, 2.24) is 15.1 Å². The molecular formula is C13H16BrN3. The van der Waals surface area contributed by atoms with Gasteiger partial charge in [0.15, 0.2) is 0 Å². The quantitative estimate of drug-likeness (QED) is 0.942. The summed E-state index contributed by atoms with van der Waals surface area (Å²) in [6, 6.07) is 8.61. The van der Waals surface area contributed by atoms with Gasteiger partial charge in [0, 0.05) is 28.7 Å². The highest BCUT2D eigenvalue weighted by Crippen LogP contribution is 2.28. The molecule has 1 aromatic carbocycles. The number of rotatable bonds is 3. The van der Waals surface area contributed by atoms with E-state index in [0.29, 0.717) is 6.04 Å². The number of aryl methyl sites for hydroxylation is 1. The summed E-state index contributed by atoms with van der Waals surface area (Å²) in [5.74, 6) is 0. The lowest BCUT2D eigenvalue weighted by Gasteiger charge is -2.12. The van der Waals surface area contributed by atoms with Crippen molar-refractivity contribution >= 4 is 15.9 Å². The Morgan fingerprint density at radius 3 is 2.53 bits per heavy atom. The lowest BCUT2D eigenvalue weighted by atomic mass is 10.0. The molecule has 1 atom stereocenters. The molecule has 0 saturated heterocycles. The smallest absolute Gasteiger partial charge is 0.0726 e. The molecule has 0 saturated carbocycles. The molecule has 4 heteroatoms. The molecule has 0 aliphatic carbocycles. The molecular weight excluding hydrogens is 278 g/mol. The van der Waals surface area contributed by atoms with Gasteiger partial charge >= 0.3 is 0 Å². The molecule has 1 N–H and O–H groups in total. The molecule has 0 amide bonds. The van der Waals surface area contributed by atoms with Crippen molar-refractivity contribution in [2.75, 3.05) is 7.05 Å². The van der Waals surface area contributed by atoms with E-state index < -0.39 is 0 Å². The van der Waals surface area contributed by atoms with E-state index >= 15 is 0 Å². The summed E-state index contributed by atoms with van der Waals surface area (Å²) in [5.41, 5.74) is 3.57. The van der Waals surface area contributed by atoms with Crippen LogP contribution < -0.4 is 5.32 Å². The monoisotopic (exact) mass is 293 g/mol. The molecule has 2 aromatic rings. The van der Waals surface area contributed by atoms with Crippen LogP contribution in [-0.2, 0) is 7.05 Å². The molecule has 3 nitrogen and oxygen atoms in total. The Morgan fingerprint density at radius 2 is 1.94 bits per heavy atom. The normalized spacial score (nSPS) is 12.7. The van der Waals surface area contributed by atoms with Crippen LogP contribution in [0.4, 0.5) is 0 Å². The molecule has 0 aliphatic rings. The molecule has 17 heavy (non-hydrogen) atoms. The van der Waals surface area contributed by atoms with E-state index in [0.717, 1.165) is 4.47 Å². The van der Waals surface area contributed by atoms with Crippen molar-refractivity contribution in [3.05, 3.63) is 40.5 Å². The minimum Gasteiger partial charge on any atom is -0.313 e. The fraction of sp³-hybridized carbons (Fsp3) is 0.308. The first-order chi connectivity index (χ1) is 8.13. The maximum atomic E-state index is 4.35. The van der Waals surface area contributed by atoms with Crippen LogP contribution >= 0.6 is 15.9 Å². The first kappa shape index (κ1) is 12.3. The van der Waals surface area contributed by atoms with Crippen molar-refractivity contribution in [3.8, 4) is 11.3 Å². The summed E-state index contributed by atoms with van der Waals surface area (Å²) in [6.07, 6.45) is 1.93. The number of nitrogens with zero attached hydrogens (tertiary/aromatic N) is 2. The zero-order valence-electron chi connectivity index (χ0n) is 10.2. The Hall–Kier alpha value is -1.13. The van der Waals surface area contributed by atoms with Gasteiger partial charge in [-0.3, -0.25) is 4.68 Å². The van der Waals surface area contributed by atoms with Crippen LogP contribution in [0.5, 0.6) is 0 Å². The molecule has 1 unspecified atom stereocenters. The molecule has 0 radical (unpaired) electrons. The van der Waals surface area contributed by atoms with Gasteiger partial charge in [-0.2, -0.15) is 5.10 Å². The van der Waals surface area contributed by atoms with Gasteiger partial charge in [0.05, 0.1) is 11.9 Å². The first-order valence-electron chi connectivity index (χ1n) is 5.58. The maximum absolute atomic E-state index is 4.35. The zero-order chi connectivity index (χ0) is 12.4. The lowest BCUT2D eigenvalue weighted by Crippen LogP contribution is -2.12. The highest BCUT2D eigenvalue weighted by molar-refractivity contribution is 9.10. The number of hydrogen-bond donors (Lipinski definition) is 1. The summed E-state index contributed by atoms with van der Waals surface area (Å²) in [7, 11) is 3.94. The third-order valence-electron chi connectivity index (χ3n) is 2.98. The van der Waals surface area contributed by atoms with Crippen molar-refractivity contribution < 1.29 is 0 Å². The average molecular weight is 294 g/mol. The van der Waals surface area contributed by atoms with Crippen LogP contribution in [0, 0.1) is 0 Å². The molecule has 0 aliphatic heterocycles. The van der Waals surface area contributed by atoms with Crippen molar-refractivity contribution in [3.63, 3.8) is 0 Å². The molecule has 1 aromatic heterocycles. The van der Waals surface area contributed by atoms with Gasteiger partial charge < -0.3 is 5.32 Å². The van der Waals surface area contributed by atoms with E-state index in [2.05, 4.69) is 57.5 Å². The predicted molar refractivity (Wildman–Crippen MR) is 73.8 cm³/mol. The Bertz CT molecular complexity index is 502. The van der Waals surface area contributed by atoms with E-state index in [4.69, 9.17) is 0 Å². The number of hydrogen-bond acceptors (Lipinski definition) is 2. The molecule has 0 spiro atoms. The highest BCUT2D eigenvalue weighted by Gasteiger charge is 2.14. The third kappa shape index (κ3) is 2.42. The molecule has 0 bridgehead atoms. The van der Waals surface area contributed by atoms with E-state index in [9.17, 15) is 0 Å². The standard InChI is InChI=1S/C13H16BrN3/c1-9(15-2)12-8-16-17(3)13(12)10-4-6-11(14)7-5-10/h4-9,15H,1-3H3. The van der Waals surface area contributed by atoms with Crippen LogP contribution in [0.25, 0.3) is 11.3 Å². The summed E-state index contributed by atoms with van der Waals surface area (Å²) < 4.78 is 3.01. The topological polar surface area (TPSA) is 29.9 Å². The van der Waals surface area contributed by atoms with E-state index in [1.54, 1.807) is 0 Å². The minimum absolute atomic E-state index is 0.294. The number of benzene rings is 1.